The Morgan fingerprint density at radius 3 is 2.61 bits per heavy atom. The van der Waals surface area contributed by atoms with Gasteiger partial charge in [0.2, 0.25) is 0 Å². The second-order valence-electron chi connectivity index (χ2n) is 7.92. The molecular formula is C23H29N3O2. The van der Waals surface area contributed by atoms with Crippen molar-refractivity contribution >= 4 is 5.91 Å². The number of pyridine rings is 1. The van der Waals surface area contributed by atoms with E-state index in [0.717, 1.165) is 62.5 Å². The van der Waals surface area contributed by atoms with Crippen LogP contribution in [0.3, 0.4) is 0 Å². The SMILES string of the molecule is O=C(c1ccc(CC2CCNC2)cc1)N1CCC(OCc2cccnc2)CC1. The zero-order valence-electron chi connectivity index (χ0n) is 16.3. The Kier molecular flexibility index (Phi) is 6.34. The van der Waals surface area contributed by atoms with Crippen molar-refractivity contribution in [1.82, 2.24) is 15.2 Å². The summed E-state index contributed by atoms with van der Waals surface area (Å²) in [7, 11) is 0. The minimum absolute atomic E-state index is 0.139. The Morgan fingerprint density at radius 2 is 1.93 bits per heavy atom. The molecule has 2 saturated heterocycles. The summed E-state index contributed by atoms with van der Waals surface area (Å²) < 4.78 is 6.00. The minimum Gasteiger partial charge on any atom is -0.373 e. The summed E-state index contributed by atoms with van der Waals surface area (Å²) in [5, 5.41) is 3.41. The van der Waals surface area contributed by atoms with Crippen LogP contribution in [0.25, 0.3) is 0 Å². The van der Waals surface area contributed by atoms with Crippen LogP contribution in [0.5, 0.6) is 0 Å². The molecular weight excluding hydrogens is 350 g/mol. The molecule has 0 bridgehead atoms. The van der Waals surface area contributed by atoms with Crippen LogP contribution < -0.4 is 5.32 Å². The Morgan fingerprint density at radius 1 is 1.11 bits per heavy atom. The van der Waals surface area contributed by atoms with Gasteiger partial charge in [-0.1, -0.05) is 18.2 Å². The van der Waals surface area contributed by atoms with E-state index in [1.54, 1.807) is 6.20 Å². The number of benzene rings is 1. The van der Waals surface area contributed by atoms with Gasteiger partial charge in [0.15, 0.2) is 0 Å². The number of aromatic nitrogens is 1. The van der Waals surface area contributed by atoms with Gasteiger partial charge in [-0.2, -0.15) is 0 Å². The number of carbonyl (C=O) groups is 1. The zero-order chi connectivity index (χ0) is 19.2. The third kappa shape index (κ3) is 4.97. The molecule has 148 valence electrons. The number of nitrogens with one attached hydrogen (secondary N) is 1. The first kappa shape index (κ1) is 19.1. The lowest BCUT2D eigenvalue weighted by molar-refractivity contribution is -0.000468. The molecule has 0 radical (unpaired) electrons. The number of likely N-dealkylation sites (tertiary alicyclic amines) is 1. The second kappa shape index (κ2) is 9.30. The lowest BCUT2D eigenvalue weighted by Gasteiger charge is -2.32. The van der Waals surface area contributed by atoms with Crippen LogP contribution in [-0.2, 0) is 17.8 Å². The molecule has 1 aromatic carbocycles. The highest BCUT2D eigenvalue weighted by Crippen LogP contribution is 2.19. The van der Waals surface area contributed by atoms with Gasteiger partial charge in [0.25, 0.3) is 5.91 Å². The molecule has 0 saturated carbocycles. The summed E-state index contributed by atoms with van der Waals surface area (Å²) in [6, 6.07) is 12.2. The molecule has 5 nitrogen and oxygen atoms in total. The van der Waals surface area contributed by atoms with Crippen molar-refractivity contribution in [2.75, 3.05) is 26.2 Å². The van der Waals surface area contributed by atoms with E-state index >= 15 is 0 Å². The normalized spacial score (nSPS) is 20.4. The fraction of sp³-hybridized carbons (Fsp3) is 0.478. The van der Waals surface area contributed by atoms with Gasteiger partial charge in [-0.3, -0.25) is 9.78 Å². The van der Waals surface area contributed by atoms with Gasteiger partial charge < -0.3 is 15.0 Å². The first-order valence-corrected chi connectivity index (χ1v) is 10.4. The summed E-state index contributed by atoms with van der Waals surface area (Å²) >= 11 is 0. The number of ether oxygens (including phenoxy) is 1. The lowest BCUT2D eigenvalue weighted by atomic mass is 9.97. The standard InChI is InChI=1S/C23H29N3O2/c27-23(21-5-3-18(4-6-21)14-19-7-11-25-15-19)26-12-8-22(9-13-26)28-17-20-2-1-10-24-16-20/h1-6,10,16,19,22,25H,7-9,11-15,17H2. The van der Waals surface area contributed by atoms with Crippen molar-refractivity contribution in [2.24, 2.45) is 5.92 Å². The van der Waals surface area contributed by atoms with E-state index in [1.165, 1.54) is 12.0 Å². The molecule has 5 heteroatoms. The predicted octanol–water partition coefficient (Wildman–Crippen LogP) is 3.06. The molecule has 2 aromatic rings. The van der Waals surface area contributed by atoms with Gasteiger partial charge >= 0.3 is 0 Å². The average Bonchev–Trinajstić information content (AvgIpc) is 3.26. The molecule has 2 aliphatic rings. The van der Waals surface area contributed by atoms with Crippen LogP contribution in [0.4, 0.5) is 0 Å². The Hall–Kier alpha value is -2.24. The molecule has 1 atom stereocenters. The van der Waals surface area contributed by atoms with Gasteiger partial charge in [0, 0.05) is 31.0 Å². The summed E-state index contributed by atoms with van der Waals surface area (Å²) in [5.41, 5.74) is 3.21. The molecule has 2 fully saturated rings. The summed E-state index contributed by atoms with van der Waals surface area (Å²) in [6.45, 7) is 4.34. The van der Waals surface area contributed by atoms with E-state index in [2.05, 4.69) is 22.4 Å². The number of carbonyl (C=O) groups excluding carboxylic acids is 1. The minimum atomic E-state index is 0.139. The van der Waals surface area contributed by atoms with E-state index in [1.807, 2.05) is 35.4 Å². The second-order valence-corrected chi connectivity index (χ2v) is 7.92. The average molecular weight is 380 g/mol. The molecule has 0 spiro atoms. The number of nitrogens with zero attached hydrogens (tertiary/aromatic N) is 2. The molecule has 1 aromatic heterocycles. The maximum atomic E-state index is 12.8. The molecule has 0 aliphatic carbocycles. The first-order valence-electron chi connectivity index (χ1n) is 10.4. The van der Waals surface area contributed by atoms with Crippen molar-refractivity contribution in [1.29, 1.82) is 0 Å². The molecule has 4 rings (SSSR count). The number of piperidine rings is 1. The summed E-state index contributed by atoms with van der Waals surface area (Å²) in [6.07, 6.45) is 7.95. The highest BCUT2D eigenvalue weighted by molar-refractivity contribution is 5.94. The Bertz CT molecular complexity index is 749. The van der Waals surface area contributed by atoms with E-state index in [-0.39, 0.29) is 12.0 Å². The third-order valence-corrected chi connectivity index (χ3v) is 5.83. The predicted molar refractivity (Wildman–Crippen MR) is 109 cm³/mol. The van der Waals surface area contributed by atoms with E-state index in [9.17, 15) is 4.79 Å². The van der Waals surface area contributed by atoms with Gasteiger partial charge in [-0.05, 0) is 74.0 Å². The van der Waals surface area contributed by atoms with Crippen molar-refractivity contribution in [3.63, 3.8) is 0 Å². The van der Waals surface area contributed by atoms with E-state index in [4.69, 9.17) is 4.74 Å². The van der Waals surface area contributed by atoms with Gasteiger partial charge in [-0.25, -0.2) is 0 Å². The molecule has 3 heterocycles. The first-order chi connectivity index (χ1) is 13.8. The summed E-state index contributed by atoms with van der Waals surface area (Å²) in [5.74, 6) is 0.868. The number of hydrogen-bond acceptors (Lipinski definition) is 4. The number of amides is 1. The zero-order valence-corrected chi connectivity index (χ0v) is 16.3. The van der Waals surface area contributed by atoms with Crippen LogP contribution in [0.15, 0.2) is 48.8 Å². The third-order valence-electron chi connectivity index (χ3n) is 5.83. The highest BCUT2D eigenvalue weighted by atomic mass is 16.5. The molecule has 1 N–H and O–H groups in total. The maximum absolute atomic E-state index is 12.8. The van der Waals surface area contributed by atoms with Crippen LogP contribution in [-0.4, -0.2) is 48.1 Å². The highest BCUT2D eigenvalue weighted by Gasteiger charge is 2.24. The number of hydrogen-bond donors (Lipinski definition) is 1. The van der Waals surface area contributed by atoms with Gasteiger partial charge in [-0.15, -0.1) is 0 Å². The fourth-order valence-electron chi connectivity index (χ4n) is 4.11. The fourth-order valence-corrected chi connectivity index (χ4v) is 4.11. The smallest absolute Gasteiger partial charge is 0.253 e. The van der Waals surface area contributed by atoms with Crippen LogP contribution in [0.1, 0.15) is 40.7 Å². The molecule has 28 heavy (non-hydrogen) atoms. The quantitative estimate of drug-likeness (QED) is 0.838. The molecule has 1 amide bonds. The van der Waals surface area contributed by atoms with Gasteiger partial charge in [0.05, 0.1) is 12.7 Å². The van der Waals surface area contributed by atoms with Crippen molar-refractivity contribution < 1.29 is 9.53 Å². The van der Waals surface area contributed by atoms with Crippen molar-refractivity contribution in [2.45, 2.75) is 38.4 Å². The monoisotopic (exact) mass is 379 g/mol. The van der Waals surface area contributed by atoms with Crippen LogP contribution in [0.2, 0.25) is 0 Å². The van der Waals surface area contributed by atoms with Crippen LogP contribution in [0, 0.1) is 5.92 Å². The molecule has 1 unspecified atom stereocenters. The topological polar surface area (TPSA) is 54.5 Å². The van der Waals surface area contributed by atoms with Gasteiger partial charge in [0.1, 0.15) is 0 Å². The summed E-state index contributed by atoms with van der Waals surface area (Å²) in [4.78, 5) is 18.9. The maximum Gasteiger partial charge on any atom is 0.253 e. The lowest BCUT2D eigenvalue weighted by Crippen LogP contribution is -2.40. The molecule has 2 aliphatic heterocycles. The van der Waals surface area contributed by atoms with E-state index < -0.39 is 0 Å². The van der Waals surface area contributed by atoms with Crippen LogP contribution >= 0.6 is 0 Å². The Balaban J connectivity index is 1.24. The largest absolute Gasteiger partial charge is 0.373 e. The van der Waals surface area contributed by atoms with Crippen molar-refractivity contribution in [3.8, 4) is 0 Å². The Labute approximate surface area is 167 Å². The number of rotatable bonds is 6. The van der Waals surface area contributed by atoms with E-state index in [0.29, 0.717) is 6.61 Å². The van der Waals surface area contributed by atoms with Crippen molar-refractivity contribution in [3.05, 3.63) is 65.5 Å².